The van der Waals surface area contributed by atoms with Crippen LogP contribution in [0.4, 0.5) is 0 Å². The smallest absolute Gasteiger partial charge is 0.272 e. The summed E-state index contributed by atoms with van der Waals surface area (Å²) in [7, 11) is 0. The van der Waals surface area contributed by atoms with Gasteiger partial charge in [0.15, 0.2) is 0 Å². The number of morpholine rings is 1. The third-order valence-electron chi connectivity index (χ3n) is 3.49. The zero-order chi connectivity index (χ0) is 13.4. The third-order valence-corrected chi connectivity index (χ3v) is 3.88. The molecule has 0 saturated carbocycles. The SMILES string of the molecule is C[C@@H]1COCCN1C(=O)c1[nH]c2ccccc2c1Cl. The molecule has 1 aliphatic rings. The highest BCUT2D eigenvalue weighted by Gasteiger charge is 2.27. The van der Waals surface area contributed by atoms with E-state index in [-0.39, 0.29) is 11.9 Å². The van der Waals surface area contributed by atoms with E-state index in [0.717, 1.165) is 10.9 Å². The molecular formula is C14H15ClN2O2. The fourth-order valence-electron chi connectivity index (χ4n) is 2.43. The fourth-order valence-corrected chi connectivity index (χ4v) is 2.72. The number of fused-ring (bicyclic) bond motifs is 1. The number of hydrogen-bond acceptors (Lipinski definition) is 2. The topological polar surface area (TPSA) is 45.3 Å². The molecular weight excluding hydrogens is 264 g/mol. The van der Waals surface area contributed by atoms with E-state index < -0.39 is 0 Å². The lowest BCUT2D eigenvalue weighted by molar-refractivity contribution is 0.00333. The van der Waals surface area contributed by atoms with Crippen molar-refractivity contribution in [3.8, 4) is 0 Å². The van der Waals surface area contributed by atoms with E-state index in [2.05, 4.69) is 4.98 Å². The standard InChI is InChI=1S/C14H15ClN2O2/c1-9-8-19-7-6-17(9)14(18)13-12(15)10-4-2-3-5-11(10)16-13/h2-5,9,16H,6-8H2,1H3/t9-/m1/s1. The van der Waals surface area contributed by atoms with Gasteiger partial charge in [-0.2, -0.15) is 0 Å². The number of amides is 1. The summed E-state index contributed by atoms with van der Waals surface area (Å²) in [4.78, 5) is 17.5. The van der Waals surface area contributed by atoms with E-state index in [4.69, 9.17) is 16.3 Å². The molecule has 1 aromatic carbocycles. The van der Waals surface area contributed by atoms with Gasteiger partial charge in [0.2, 0.25) is 0 Å². The van der Waals surface area contributed by atoms with Gasteiger partial charge >= 0.3 is 0 Å². The second-order valence-corrected chi connectivity index (χ2v) is 5.16. The Kier molecular flexibility index (Phi) is 3.21. The summed E-state index contributed by atoms with van der Waals surface area (Å²) in [6.45, 7) is 3.73. The van der Waals surface area contributed by atoms with Crippen LogP contribution in [0.3, 0.4) is 0 Å². The summed E-state index contributed by atoms with van der Waals surface area (Å²) in [6, 6.07) is 7.73. The Morgan fingerprint density at radius 1 is 1.47 bits per heavy atom. The second kappa shape index (κ2) is 4.87. The van der Waals surface area contributed by atoms with Crippen molar-refractivity contribution in [2.45, 2.75) is 13.0 Å². The Balaban J connectivity index is 1.99. The average molecular weight is 279 g/mol. The number of carbonyl (C=O) groups is 1. The van der Waals surface area contributed by atoms with Crippen LogP contribution in [0.15, 0.2) is 24.3 Å². The second-order valence-electron chi connectivity index (χ2n) is 4.78. The number of para-hydroxylation sites is 1. The molecule has 1 amide bonds. The zero-order valence-electron chi connectivity index (χ0n) is 10.6. The summed E-state index contributed by atoms with van der Waals surface area (Å²) in [6.07, 6.45) is 0. The normalized spacial score (nSPS) is 19.9. The van der Waals surface area contributed by atoms with E-state index in [1.165, 1.54) is 0 Å². The molecule has 1 saturated heterocycles. The highest BCUT2D eigenvalue weighted by Crippen LogP contribution is 2.28. The molecule has 5 heteroatoms. The van der Waals surface area contributed by atoms with Crippen molar-refractivity contribution in [1.29, 1.82) is 0 Å². The number of aromatic amines is 1. The summed E-state index contributed by atoms with van der Waals surface area (Å²) in [5, 5.41) is 1.38. The molecule has 3 rings (SSSR count). The maximum absolute atomic E-state index is 12.6. The van der Waals surface area contributed by atoms with E-state index in [1.807, 2.05) is 31.2 Å². The van der Waals surface area contributed by atoms with Crippen LogP contribution in [-0.2, 0) is 4.74 Å². The number of aromatic nitrogens is 1. The quantitative estimate of drug-likeness (QED) is 0.872. The van der Waals surface area contributed by atoms with Gasteiger partial charge in [-0.3, -0.25) is 4.79 Å². The van der Waals surface area contributed by atoms with Gasteiger partial charge in [-0.05, 0) is 13.0 Å². The summed E-state index contributed by atoms with van der Waals surface area (Å²) in [5.74, 6) is -0.0583. The van der Waals surface area contributed by atoms with Crippen LogP contribution < -0.4 is 0 Å². The Morgan fingerprint density at radius 2 is 2.26 bits per heavy atom. The Hall–Kier alpha value is -1.52. The van der Waals surface area contributed by atoms with Gasteiger partial charge in [0.25, 0.3) is 5.91 Å². The number of nitrogens with one attached hydrogen (secondary N) is 1. The average Bonchev–Trinajstić information content (AvgIpc) is 2.77. The van der Waals surface area contributed by atoms with Gasteiger partial charge in [-0.1, -0.05) is 29.8 Å². The Bertz CT molecular complexity index is 623. The zero-order valence-corrected chi connectivity index (χ0v) is 11.4. The minimum Gasteiger partial charge on any atom is -0.377 e. The fraction of sp³-hybridized carbons (Fsp3) is 0.357. The lowest BCUT2D eigenvalue weighted by Gasteiger charge is -2.33. The molecule has 1 atom stereocenters. The van der Waals surface area contributed by atoms with Crippen molar-refractivity contribution in [3.63, 3.8) is 0 Å². The molecule has 0 radical (unpaired) electrons. The molecule has 1 aliphatic heterocycles. The highest BCUT2D eigenvalue weighted by atomic mass is 35.5. The molecule has 2 aromatic rings. The monoisotopic (exact) mass is 278 g/mol. The van der Waals surface area contributed by atoms with E-state index >= 15 is 0 Å². The Morgan fingerprint density at radius 3 is 3.00 bits per heavy atom. The van der Waals surface area contributed by atoms with Gasteiger partial charge in [-0.25, -0.2) is 0 Å². The molecule has 2 heterocycles. The first-order valence-electron chi connectivity index (χ1n) is 6.33. The van der Waals surface area contributed by atoms with Gasteiger partial charge in [0.1, 0.15) is 5.69 Å². The van der Waals surface area contributed by atoms with Crippen molar-refractivity contribution >= 4 is 28.4 Å². The van der Waals surface area contributed by atoms with E-state index in [9.17, 15) is 4.79 Å². The molecule has 1 fully saturated rings. The summed E-state index contributed by atoms with van der Waals surface area (Å²) < 4.78 is 5.35. The molecule has 1 aromatic heterocycles. The predicted molar refractivity (Wildman–Crippen MR) is 74.6 cm³/mol. The largest absolute Gasteiger partial charge is 0.377 e. The van der Waals surface area contributed by atoms with Crippen LogP contribution in [0.25, 0.3) is 10.9 Å². The molecule has 0 spiro atoms. The van der Waals surface area contributed by atoms with Crippen LogP contribution in [-0.4, -0.2) is 41.6 Å². The molecule has 4 nitrogen and oxygen atoms in total. The summed E-state index contributed by atoms with van der Waals surface area (Å²) in [5.41, 5.74) is 1.35. The molecule has 19 heavy (non-hydrogen) atoms. The first-order chi connectivity index (χ1) is 9.18. The van der Waals surface area contributed by atoms with Crippen LogP contribution in [0, 0.1) is 0 Å². The highest BCUT2D eigenvalue weighted by molar-refractivity contribution is 6.38. The number of hydrogen-bond donors (Lipinski definition) is 1. The van der Waals surface area contributed by atoms with Gasteiger partial charge in [0.05, 0.1) is 24.3 Å². The van der Waals surface area contributed by atoms with Crippen molar-refractivity contribution in [2.24, 2.45) is 0 Å². The number of rotatable bonds is 1. The first kappa shape index (κ1) is 12.5. The number of ether oxygens (including phenoxy) is 1. The maximum atomic E-state index is 12.6. The maximum Gasteiger partial charge on any atom is 0.272 e. The minimum absolute atomic E-state index is 0.0583. The molecule has 100 valence electrons. The minimum atomic E-state index is -0.0583. The van der Waals surface area contributed by atoms with Crippen molar-refractivity contribution in [1.82, 2.24) is 9.88 Å². The molecule has 1 N–H and O–H groups in total. The lowest BCUT2D eigenvalue weighted by Crippen LogP contribution is -2.47. The van der Waals surface area contributed by atoms with Crippen LogP contribution in [0.1, 0.15) is 17.4 Å². The van der Waals surface area contributed by atoms with E-state index in [1.54, 1.807) is 4.90 Å². The molecule has 0 aliphatic carbocycles. The Labute approximate surface area is 116 Å². The number of H-pyrrole nitrogens is 1. The molecule has 0 bridgehead atoms. The number of halogens is 1. The van der Waals surface area contributed by atoms with Gasteiger partial charge in [-0.15, -0.1) is 0 Å². The van der Waals surface area contributed by atoms with E-state index in [0.29, 0.717) is 30.5 Å². The van der Waals surface area contributed by atoms with Gasteiger partial charge in [0, 0.05) is 17.4 Å². The van der Waals surface area contributed by atoms with Crippen LogP contribution in [0.5, 0.6) is 0 Å². The first-order valence-corrected chi connectivity index (χ1v) is 6.71. The lowest BCUT2D eigenvalue weighted by atomic mass is 10.2. The molecule has 0 unspecified atom stereocenters. The number of carbonyl (C=O) groups excluding carboxylic acids is 1. The van der Waals surface area contributed by atoms with Gasteiger partial charge < -0.3 is 14.6 Å². The third kappa shape index (κ3) is 2.11. The van der Waals surface area contributed by atoms with Crippen molar-refractivity contribution < 1.29 is 9.53 Å². The van der Waals surface area contributed by atoms with Crippen LogP contribution >= 0.6 is 11.6 Å². The predicted octanol–water partition coefficient (Wildman–Crippen LogP) is 2.68. The van der Waals surface area contributed by atoms with Crippen LogP contribution in [0.2, 0.25) is 5.02 Å². The number of benzene rings is 1. The van der Waals surface area contributed by atoms with Crippen molar-refractivity contribution in [2.75, 3.05) is 19.8 Å². The number of nitrogens with zero attached hydrogens (tertiary/aromatic N) is 1. The van der Waals surface area contributed by atoms with Crippen molar-refractivity contribution in [3.05, 3.63) is 35.0 Å². The summed E-state index contributed by atoms with van der Waals surface area (Å²) >= 11 is 6.31.